The number of piperidine rings is 1. The van der Waals surface area contributed by atoms with Crippen LogP contribution in [0.2, 0.25) is 0 Å². The summed E-state index contributed by atoms with van der Waals surface area (Å²) in [5.41, 5.74) is 20.8. The van der Waals surface area contributed by atoms with Gasteiger partial charge in [-0.15, -0.1) is 0 Å². The molecular weight excluding hydrogens is 1100 g/mol. The highest BCUT2D eigenvalue weighted by Crippen LogP contribution is 2.07. The van der Waals surface area contributed by atoms with Gasteiger partial charge in [0, 0.05) is 26.1 Å². The van der Waals surface area contributed by atoms with Gasteiger partial charge in [0.1, 0.15) is 67.9 Å². The van der Waals surface area contributed by atoms with Gasteiger partial charge >= 0.3 is 0 Å². The first-order chi connectivity index (χ1) is 38.4. The number of nitrogens with two attached hydrogens (primary N) is 4. The number of aliphatic hydroxyl groups is 1. The number of rotatable bonds is 5. The van der Waals surface area contributed by atoms with Gasteiger partial charge in [-0.2, -0.15) is 0 Å². The van der Waals surface area contributed by atoms with Gasteiger partial charge in [0.2, 0.25) is 5.91 Å². The van der Waals surface area contributed by atoms with E-state index in [1.807, 2.05) is 113 Å². The molecule has 1 aliphatic heterocycles. The van der Waals surface area contributed by atoms with Crippen molar-refractivity contribution in [3.8, 4) is 0 Å². The molecule has 1 saturated heterocycles. The minimum Gasteiger partial charge on any atom is -0.394 e. The molecule has 3 rings (SSSR count). The second-order valence-corrected chi connectivity index (χ2v) is 14.5. The number of aryl methyl sites for hydroxylation is 2. The molecule has 86 heavy (non-hydrogen) atoms. The van der Waals surface area contributed by atoms with Gasteiger partial charge in [-0.3, -0.25) is 4.79 Å². The van der Waals surface area contributed by atoms with E-state index >= 15 is 0 Å². The van der Waals surface area contributed by atoms with E-state index in [9.17, 15) is 4.79 Å². The quantitative estimate of drug-likeness (QED) is 0.132. The molecule has 1 fully saturated rings. The number of hydrogen-bond acceptors (Lipinski definition) is 22. The number of amides is 1. The van der Waals surface area contributed by atoms with Gasteiger partial charge in [-0.05, 0) is 109 Å². The van der Waals surface area contributed by atoms with Crippen LogP contribution in [0.1, 0.15) is 195 Å². The average molecular weight is 1260 g/mol. The summed E-state index contributed by atoms with van der Waals surface area (Å²) < 4.78 is 0. The first-order valence-corrected chi connectivity index (χ1v) is 26.7. The molecule has 27 N–H and O–H groups in total. The van der Waals surface area contributed by atoms with Crippen molar-refractivity contribution in [2.45, 2.75) is 203 Å². The third-order valence-electron chi connectivity index (χ3n) is 6.75. The maximum atomic E-state index is 10.7. The van der Waals surface area contributed by atoms with Gasteiger partial charge < -0.3 is 118 Å². The maximum absolute atomic E-state index is 10.7. The third kappa shape index (κ3) is 450. The summed E-state index contributed by atoms with van der Waals surface area (Å²) >= 11 is 0. The molecule has 0 aliphatic carbocycles. The van der Waals surface area contributed by atoms with Gasteiger partial charge in [0.25, 0.3) is 0 Å². The molecule has 1 amide bonds. The number of benzene rings is 2. The summed E-state index contributed by atoms with van der Waals surface area (Å²) in [4.78, 5) is 92.6. The fourth-order valence-corrected chi connectivity index (χ4v) is 2.64. The number of hydrogen-bond donors (Lipinski definition) is 11. The minimum atomic E-state index is -0.167. The van der Waals surface area contributed by atoms with Crippen LogP contribution in [0.3, 0.4) is 0 Å². The number of nitrogens with zero attached hydrogens (tertiary/aromatic N) is 1. The van der Waals surface area contributed by atoms with Crippen LogP contribution in [0.5, 0.6) is 0 Å². The van der Waals surface area contributed by atoms with Crippen molar-refractivity contribution in [1.29, 1.82) is 0 Å². The number of carbonyl (C=O) groups excluding carboxylic acids is 11. The standard InChI is InChI=1S/2C8H10.C7H13NO.3C5H12.C4H10.C3H8O.2C2H6.4CH5N.10CH2O.6H3N/c2*1-2-8-6-4-3-5-7-8;1-7(9)8-5-3-2-4-6-8;3*1-4-5(2)3;1-4(2)3;1-3(2)4;16*1-2;;;;;;/h2*3-7H,2H2,1H3;2-6H2,1H3;3*5H,4H2,1-3H3;4H,1-3H3;3-4H,1-2H3;2*1-2H3;4*2H2,1H3;10*1H2;6*1H3. The largest absolute Gasteiger partial charge is 0.394 e. The first kappa shape index (κ1) is 178. The fourth-order valence-electron chi connectivity index (χ4n) is 2.64. The Balaban J connectivity index is -0.0000000173. The predicted octanol–water partition coefficient (Wildman–Crippen LogP) is 13.2. The molecule has 536 valence electrons. The molecule has 0 bridgehead atoms. The Labute approximate surface area is 534 Å². The lowest BCUT2D eigenvalue weighted by Gasteiger charge is -2.24. The number of carbonyl (C=O) groups is 11. The molecule has 1 aliphatic rings. The lowest BCUT2D eigenvalue weighted by molar-refractivity contribution is -0.129. The summed E-state index contributed by atoms with van der Waals surface area (Å²) in [5, 5.41) is 8.06. The molecule has 0 radical (unpaired) electrons. The summed E-state index contributed by atoms with van der Waals surface area (Å²) in [5.74, 6) is 3.72. The maximum Gasteiger partial charge on any atom is 0.219 e. The highest BCUT2D eigenvalue weighted by molar-refractivity contribution is 5.73. The van der Waals surface area contributed by atoms with Crippen LogP contribution < -0.4 is 59.8 Å². The Morgan fingerprint density at radius 3 is 0.581 bits per heavy atom. The lowest BCUT2D eigenvalue weighted by Crippen LogP contribution is -2.33. The molecule has 2 aromatic carbocycles. The second kappa shape index (κ2) is 285. The molecule has 0 saturated carbocycles. The fraction of sp³-hybridized carbons (Fsp3) is 0.635. The van der Waals surface area contributed by atoms with Crippen LogP contribution in [-0.4, -0.2) is 131 Å². The molecule has 1 heterocycles. The van der Waals surface area contributed by atoms with Crippen LogP contribution >= 0.6 is 0 Å². The summed E-state index contributed by atoms with van der Waals surface area (Å²) in [6, 6.07) is 20.9. The molecule has 23 heteroatoms. The highest BCUT2D eigenvalue weighted by atomic mass is 16.3. The Morgan fingerprint density at radius 2 is 0.512 bits per heavy atom. The second-order valence-electron chi connectivity index (χ2n) is 14.5. The summed E-state index contributed by atoms with van der Waals surface area (Å²) in [7, 11) is 6.00. The van der Waals surface area contributed by atoms with E-state index in [1.54, 1.807) is 20.8 Å². The van der Waals surface area contributed by atoms with Gasteiger partial charge in [-0.1, -0.05) is 205 Å². The Bertz CT molecular complexity index is 949. The van der Waals surface area contributed by atoms with Gasteiger partial charge in [0.05, 0.1) is 0 Å². The van der Waals surface area contributed by atoms with Crippen molar-refractivity contribution < 1.29 is 57.8 Å². The van der Waals surface area contributed by atoms with Crippen molar-refractivity contribution in [3.05, 3.63) is 71.8 Å². The molecular formula is C63H157N11O12. The van der Waals surface area contributed by atoms with Crippen LogP contribution in [0.4, 0.5) is 0 Å². The van der Waals surface area contributed by atoms with E-state index in [4.69, 9.17) is 53.1 Å². The van der Waals surface area contributed by atoms with Crippen LogP contribution in [0.15, 0.2) is 60.7 Å². The molecule has 0 atom stereocenters. The smallest absolute Gasteiger partial charge is 0.219 e. The average Bonchev–Trinajstić information content (AvgIpc) is 3.56. The van der Waals surface area contributed by atoms with Crippen LogP contribution in [-0.2, 0) is 65.6 Å². The van der Waals surface area contributed by atoms with Crippen molar-refractivity contribution in [1.82, 2.24) is 41.8 Å². The normalized spacial score (nSPS) is 7.17. The Hall–Kier alpha value is -5.83. The lowest BCUT2D eigenvalue weighted by atomic mass is 10.1. The molecule has 0 spiro atoms. The molecule has 0 aromatic heterocycles. The van der Waals surface area contributed by atoms with Crippen molar-refractivity contribution in [2.24, 2.45) is 46.6 Å². The molecule has 2 aromatic rings. The predicted molar refractivity (Wildman–Crippen MR) is 385 cm³/mol. The van der Waals surface area contributed by atoms with E-state index in [2.05, 4.69) is 168 Å². The number of aliphatic hydroxyl groups excluding tert-OH is 1. The Kier molecular flexibility index (Phi) is 590. The van der Waals surface area contributed by atoms with E-state index in [0.29, 0.717) is 0 Å². The van der Waals surface area contributed by atoms with E-state index in [0.717, 1.165) is 49.6 Å². The zero-order valence-corrected chi connectivity index (χ0v) is 61.2. The van der Waals surface area contributed by atoms with E-state index in [-0.39, 0.29) is 48.9 Å². The topological polar surface area (TPSA) is 525 Å². The van der Waals surface area contributed by atoms with Crippen molar-refractivity contribution >= 4 is 73.8 Å². The summed E-state index contributed by atoms with van der Waals surface area (Å²) in [6.45, 7) is 65.8. The first-order valence-electron chi connectivity index (χ1n) is 26.7. The van der Waals surface area contributed by atoms with Crippen LogP contribution in [0, 0.1) is 23.7 Å². The van der Waals surface area contributed by atoms with Crippen molar-refractivity contribution in [2.75, 3.05) is 41.3 Å². The molecule has 23 nitrogen and oxygen atoms in total. The van der Waals surface area contributed by atoms with E-state index < -0.39 is 0 Å². The monoisotopic (exact) mass is 1260 g/mol. The van der Waals surface area contributed by atoms with Crippen LogP contribution in [0.25, 0.3) is 0 Å². The number of likely N-dealkylation sites (tertiary alicyclic amines) is 1. The SMILES string of the molecule is C=O.C=O.C=O.C=O.C=O.C=O.C=O.C=O.C=O.C=O.CC.CC.CC(=O)N1CCCCC1.CC(C)C.CC(C)O.CCC(C)C.CCC(C)C.CCC(C)C.CCc1ccccc1.CCc1ccccc1.CN.CN.CN.CN.N.N.N.N.N.N. The molecule has 0 unspecified atom stereocenters. The zero-order valence-electron chi connectivity index (χ0n) is 61.2. The third-order valence-corrected chi connectivity index (χ3v) is 6.75. The van der Waals surface area contributed by atoms with Gasteiger partial charge in [-0.25, -0.2) is 0 Å². The highest BCUT2D eigenvalue weighted by Gasteiger charge is 2.11. The van der Waals surface area contributed by atoms with Gasteiger partial charge in [0.15, 0.2) is 0 Å². The Morgan fingerprint density at radius 1 is 0.384 bits per heavy atom. The summed E-state index contributed by atoms with van der Waals surface area (Å²) in [6.07, 6.45) is 9.71. The minimum absolute atomic E-state index is 0. The van der Waals surface area contributed by atoms with E-state index in [1.165, 1.54) is 77.8 Å². The zero-order chi connectivity index (χ0) is 70.3. The van der Waals surface area contributed by atoms with Crippen molar-refractivity contribution in [3.63, 3.8) is 0 Å².